The van der Waals surface area contributed by atoms with Crippen molar-refractivity contribution in [2.75, 3.05) is 5.32 Å². The van der Waals surface area contributed by atoms with Crippen LogP contribution in [0.1, 0.15) is 12.6 Å². The molecule has 0 unspecified atom stereocenters. The Balaban J connectivity index is 1.94. The lowest BCUT2D eigenvalue weighted by atomic mass is 10.3. The molecule has 0 aliphatic heterocycles. The van der Waals surface area contributed by atoms with Crippen LogP contribution in [0.3, 0.4) is 0 Å². The Bertz CT molecular complexity index is 886. The third-order valence-electron chi connectivity index (χ3n) is 3.45. The van der Waals surface area contributed by atoms with E-state index in [0.717, 1.165) is 22.0 Å². The van der Waals surface area contributed by atoms with Gasteiger partial charge in [0.25, 0.3) is 0 Å². The summed E-state index contributed by atoms with van der Waals surface area (Å²) in [5.74, 6) is 0.480. The summed E-state index contributed by atoms with van der Waals surface area (Å²) in [6.45, 7) is 4.55. The van der Waals surface area contributed by atoms with E-state index in [0.29, 0.717) is 17.5 Å². The largest absolute Gasteiger partial charge is 0.324 e. The van der Waals surface area contributed by atoms with E-state index in [4.69, 9.17) is 11.6 Å². The molecule has 0 saturated heterocycles. The van der Waals surface area contributed by atoms with E-state index in [9.17, 15) is 4.79 Å². The van der Waals surface area contributed by atoms with Crippen LogP contribution in [0.15, 0.2) is 41.3 Å². The van der Waals surface area contributed by atoms with Crippen LogP contribution in [-0.4, -0.2) is 14.5 Å². The van der Waals surface area contributed by atoms with Crippen LogP contribution in [0.5, 0.6) is 0 Å². The number of halogens is 1. The number of nitrogens with one attached hydrogen (secondary N) is 1. The van der Waals surface area contributed by atoms with E-state index in [-0.39, 0.29) is 4.87 Å². The van der Waals surface area contributed by atoms with Crippen molar-refractivity contribution in [1.29, 1.82) is 0 Å². The molecule has 0 saturated carbocycles. The van der Waals surface area contributed by atoms with E-state index >= 15 is 0 Å². The number of aromatic nitrogens is 3. The van der Waals surface area contributed by atoms with Gasteiger partial charge >= 0.3 is 4.87 Å². The van der Waals surface area contributed by atoms with Gasteiger partial charge in [-0.1, -0.05) is 22.9 Å². The summed E-state index contributed by atoms with van der Waals surface area (Å²) in [6, 6.07) is 9.12. The highest BCUT2D eigenvalue weighted by molar-refractivity contribution is 7.13. The molecule has 0 radical (unpaired) electrons. The second-order valence-electron chi connectivity index (χ2n) is 4.92. The third-order valence-corrected chi connectivity index (χ3v) is 4.80. The molecule has 3 rings (SSSR count). The summed E-state index contributed by atoms with van der Waals surface area (Å²) in [7, 11) is 0. The van der Waals surface area contributed by atoms with Gasteiger partial charge in [-0.15, -0.1) is 0 Å². The number of nitrogens with zero attached hydrogens (tertiary/aromatic N) is 3. The number of thiazole rings is 1. The maximum absolute atomic E-state index is 12.0. The maximum Gasteiger partial charge on any atom is 0.307 e. The van der Waals surface area contributed by atoms with Crippen molar-refractivity contribution < 1.29 is 0 Å². The molecule has 0 spiro atoms. The molecule has 0 bridgehead atoms. The lowest BCUT2D eigenvalue weighted by molar-refractivity contribution is 0.724. The van der Waals surface area contributed by atoms with Crippen LogP contribution >= 0.6 is 22.9 Å². The zero-order chi connectivity index (χ0) is 16.4. The lowest BCUT2D eigenvalue weighted by Crippen LogP contribution is -2.12. The standard InChI is InChI=1S/C16H15ClN4OS/c1-3-21-10(2)14(23-16(21)22)13-8-9-18-15(20-13)19-12-6-4-11(17)5-7-12/h4-9H,3H2,1-2H3,(H,18,19,20). The molecule has 7 heteroatoms. The van der Waals surface area contributed by atoms with Gasteiger partial charge < -0.3 is 9.88 Å². The summed E-state index contributed by atoms with van der Waals surface area (Å²) in [4.78, 5) is 21.6. The first-order valence-corrected chi connectivity index (χ1v) is 8.34. The van der Waals surface area contributed by atoms with Gasteiger partial charge in [0, 0.05) is 29.1 Å². The molecular formula is C16H15ClN4OS. The van der Waals surface area contributed by atoms with E-state index < -0.39 is 0 Å². The highest BCUT2D eigenvalue weighted by Gasteiger charge is 2.13. The van der Waals surface area contributed by atoms with Crippen molar-refractivity contribution in [3.8, 4) is 10.6 Å². The van der Waals surface area contributed by atoms with Gasteiger partial charge in [0.05, 0.1) is 10.6 Å². The van der Waals surface area contributed by atoms with Crippen molar-refractivity contribution >= 4 is 34.6 Å². The molecule has 23 heavy (non-hydrogen) atoms. The molecule has 0 atom stereocenters. The Kier molecular flexibility index (Phi) is 4.45. The van der Waals surface area contributed by atoms with Crippen molar-refractivity contribution in [3.63, 3.8) is 0 Å². The lowest BCUT2D eigenvalue weighted by Gasteiger charge is -2.06. The molecule has 5 nitrogen and oxygen atoms in total. The fourth-order valence-electron chi connectivity index (χ4n) is 2.29. The topological polar surface area (TPSA) is 59.8 Å². The normalized spacial score (nSPS) is 10.7. The molecule has 0 fully saturated rings. The van der Waals surface area contributed by atoms with Gasteiger partial charge in [-0.05, 0) is 44.2 Å². The van der Waals surface area contributed by atoms with Crippen molar-refractivity contribution in [2.45, 2.75) is 20.4 Å². The third kappa shape index (κ3) is 3.28. The molecule has 0 amide bonds. The first kappa shape index (κ1) is 15.7. The van der Waals surface area contributed by atoms with Gasteiger partial charge in [-0.3, -0.25) is 4.79 Å². The molecule has 0 aliphatic carbocycles. The molecule has 1 aromatic carbocycles. The number of rotatable bonds is 4. The molecule has 3 aromatic rings. The Morgan fingerprint density at radius 1 is 1.26 bits per heavy atom. The number of hydrogen-bond donors (Lipinski definition) is 1. The average molecular weight is 347 g/mol. The summed E-state index contributed by atoms with van der Waals surface area (Å²) in [5, 5.41) is 3.81. The Hall–Kier alpha value is -2.18. The van der Waals surface area contributed by atoms with Crippen LogP contribution in [0.4, 0.5) is 11.6 Å². The second-order valence-corrected chi connectivity index (χ2v) is 6.32. The van der Waals surface area contributed by atoms with Gasteiger partial charge in [-0.25, -0.2) is 9.97 Å². The molecule has 2 aromatic heterocycles. The first-order valence-electron chi connectivity index (χ1n) is 7.14. The van der Waals surface area contributed by atoms with E-state index in [1.807, 2.05) is 32.0 Å². The summed E-state index contributed by atoms with van der Waals surface area (Å²) in [5.41, 5.74) is 2.52. The smallest absolute Gasteiger partial charge is 0.307 e. The Labute approximate surface area is 142 Å². The molecule has 118 valence electrons. The predicted octanol–water partition coefficient (Wildman–Crippen LogP) is 4.09. The minimum Gasteiger partial charge on any atom is -0.324 e. The Morgan fingerprint density at radius 2 is 2.00 bits per heavy atom. The summed E-state index contributed by atoms with van der Waals surface area (Å²) in [6.07, 6.45) is 1.68. The predicted molar refractivity (Wildman–Crippen MR) is 94.8 cm³/mol. The monoisotopic (exact) mass is 346 g/mol. The van der Waals surface area contributed by atoms with Gasteiger partial charge in [0.15, 0.2) is 0 Å². The fraction of sp³-hybridized carbons (Fsp3) is 0.188. The fourth-order valence-corrected chi connectivity index (χ4v) is 3.44. The number of anilines is 2. The Morgan fingerprint density at radius 3 is 2.65 bits per heavy atom. The minimum atomic E-state index is 0.0332. The minimum absolute atomic E-state index is 0.0332. The van der Waals surface area contributed by atoms with E-state index in [2.05, 4.69) is 15.3 Å². The summed E-state index contributed by atoms with van der Waals surface area (Å²) >= 11 is 7.09. The van der Waals surface area contributed by atoms with Crippen molar-refractivity contribution in [1.82, 2.24) is 14.5 Å². The molecular weight excluding hydrogens is 332 g/mol. The average Bonchev–Trinajstić information content (AvgIpc) is 2.84. The first-order chi connectivity index (χ1) is 11.1. The number of benzene rings is 1. The molecule has 2 heterocycles. The highest BCUT2D eigenvalue weighted by Crippen LogP contribution is 2.26. The van der Waals surface area contributed by atoms with Gasteiger partial charge in [0.1, 0.15) is 0 Å². The maximum atomic E-state index is 12.0. The van der Waals surface area contributed by atoms with Crippen LogP contribution in [0, 0.1) is 6.92 Å². The van der Waals surface area contributed by atoms with Crippen LogP contribution in [-0.2, 0) is 6.54 Å². The second kappa shape index (κ2) is 6.52. The van der Waals surface area contributed by atoms with E-state index in [1.165, 1.54) is 11.3 Å². The molecule has 1 N–H and O–H groups in total. The van der Waals surface area contributed by atoms with Crippen LogP contribution in [0.25, 0.3) is 10.6 Å². The van der Waals surface area contributed by atoms with Crippen LogP contribution in [0.2, 0.25) is 5.02 Å². The highest BCUT2D eigenvalue weighted by atomic mass is 35.5. The van der Waals surface area contributed by atoms with E-state index in [1.54, 1.807) is 22.9 Å². The number of hydrogen-bond acceptors (Lipinski definition) is 5. The zero-order valence-electron chi connectivity index (χ0n) is 12.7. The quantitative estimate of drug-likeness (QED) is 0.772. The summed E-state index contributed by atoms with van der Waals surface area (Å²) < 4.78 is 1.74. The van der Waals surface area contributed by atoms with Crippen molar-refractivity contribution in [3.05, 3.63) is 56.9 Å². The van der Waals surface area contributed by atoms with Crippen LogP contribution < -0.4 is 10.2 Å². The molecule has 0 aliphatic rings. The van der Waals surface area contributed by atoms with Gasteiger partial charge in [-0.2, -0.15) is 0 Å². The van der Waals surface area contributed by atoms with Gasteiger partial charge in [0.2, 0.25) is 5.95 Å². The SMILES string of the molecule is CCn1c(C)c(-c2ccnc(Nc3ccc(Cl)cc3)n2)sc1=O. The zero-order valence-corrected chi connectivity index (χ0v) is 14.3. The van der Waals surface area contributed by atoms with Crippen molar-refractivity contribution in [2.24, 2.45) is 0 Å².